The zero-order valence-corrected chi connectivity index (χ0v) is 12.4. The molecule has 0 bridgehead atoms. The normalized spacial score (nSPS) is 16.8. The topological polar surface area (TPSA) is 28.2 Å². The van der Waals surface area contributed by atoms with Crippen LogP contribution in [0.15, 0.2) is 12.1 Å². The third-order valence-electron chi connectivity index (χ3n) is 2.95. The molecule has 1 fully saturated rings. The molecule has 1 N–H and O–H groups in total. The lowest BCUT2D eigenvalue weighted by atomic mass is 10.3. The Morgan fingerprint density at radius 2 is 2.17 bits per heavy atom. The van der Waals surface area contributed by atoms with E-state index < -0.39 is 0 Å². The molecular formula is C13H20ClN3S. The van der Waals surface area contributed by atoms with Crippen LogP contribution < -0.4 is 5.32 Å². The van der Waals surface area contributed by atoms with Gasteiger partial charge < -0.3 is 5.32 Å². The number of thioether (sulfide) groups is 1. The first-order valence-corrected chi connectivity index (χ1v) is 8.02. The SMILES string of the molecule is CCCNc1ccc(Cl)c(CN2CCSCC2)n1. The van der Waals surface area contributed by atoms with E-state index in [1.165, 1.54) is 11.5 Å². The van der Waals surface area contributed by atoms with E-state index in [0.29, 0.717) is 0 Å². The van der Waals surface area contributed by atoms with Gasteiger partial charge in [0.15, 0.2) is 0 Å². The van der Waals surface area contributed by atoms with Gasteiger partial charge in [0.05, 0.1) is 10.7 Å². The van der Waals surface area contributed by atoms with Gasteiger partial charge in [0.2, 0.25) is 0 Å². The van der Waals surface area contributed by atoms with E-state index in [2.05, 4.69) is 22.1 Å². The molecular weight excluding hydrogens is 266 g/mol. The van der Waals surface area contributed by atoms with Gasteiger partial charge in [0, 0.05) is 37.7 Å². The molecule has 100 valence electrons. The average molecular weight is 286 g/mol. The predicted octanol–water partition coefficient (Wildman–Crippen LogP) is 3.11. The summed E-state index contributed by atoms with van der Waals surface area (Å²) in [4.78, 5) is 7.04. The molecule has 18 heavy (non-hydrogen) atoms. The lowest BCUT2D eigenvalue weighted by Gasteiger charge is -2.26. The van der Waals surface area contributed by atoms with Crippen molar-refractivity contribution in [2.45, 2.75) is 19.9 Å². The van der Waals surface area contributed by atoms with Crippen LogP contribution in [0.5, 0.6) is 0 Å². The smallest absolute Gasteiger partial charge is 0.126 e. The molecule has 0 aliphatic carbocycles. The van der Waals surface area contributed by atoms with Crippen LogP contribution in [0.1, 0.15) is 19.0 Å². The maximum atomic E-state index is 6.23. The van der Waals surface area contributed by atoms with E-state index in [4.69, 9.17) is 11.6 Å². The highest BCUT2D eigenvalue weighted by atomic mass is 35.5. The lowest BCUT2D eigenvalue weighted by molar-refractivity contribution is 0.291. The van der Waals surface area contributed by atoms with Crippen molar-refractivity contribution in [1.29, 1.82) is 0 Å². The fourth-order valence-corrected chi connectivity index (χ4v) is 3.06. The van der Waals surface area contributed by atoms with Gasteiger partial charge in [-0.1, -0.05) is 18.5 Å². The third kappa shape index (κ3) is 4.04. The highest BCUT2D eigenvalue weighted by Gasteiger charge is 2.13. The number of rotatable bonds is 5. The van der Waals surface area contributed by atoms with Gasteiger partial charge in [-0.15, -0.1) is 0 Å². The maximum Gasteiger partial charge on any atom is 0.126 e. The van der Waals surface area contributed by atoms with E-state index in [1.54, 1.807) is 0 Å². The van der Waals surface area contributed by atoms with Gasteiger partial charge in [-0.3, -0.25) is 4.90 Å². The highest BCUT2D eigenvalue weighted by molar-refractivity contribution is 7.99. The van der Waals surface area contributed by atoms with Crippen LogP contribution in [0.25, 0.3) is 0 Å². The minimum Gasteiger partial charge on any atom is -0.370 e. The van der Waals surface area contributed by atoms with Crippen molar-refractivity contribution in [1.82, 2.24) is 9.88 Å². The number of halogens is 1. The molecule has 3 nitrogen and oxygen atoms in total. The Labute approximate surface area is 118 Å². The summed E-state index contributed by atoms with van der Waals surface area (Å²) in [7, 11) is 0. The van der Waals surface area contributed by atoms with Crippen molar-refractivity contribution in [3.8, 4) is 0 Å². The van der Waals surface area contributed by atoms with Crippen LogP contribution in [0, 0.1) is 0 Å². The minimum atomic E-state index is 0.773. The van der Waals surface area contributed by atoms with Gasteiger partial charge >= 0.3 is 0 Å². The minimum absolute atomic E-state index is 0.773. The van der Waals surface area contributed by atoms with E-state index in [9.17, 15) is 0 Å². The Kier molecular flexibility index (Phi) is 5.60. The summed E-state index contributed by atoms with van der Waals surface area (Å²) in [5.74, 6) is 3.36. The Bertz CT molecular complexity index is 380. The molecule has 0 aromatic carbocycles. The molecule has 1 aliphatic rings. The van der Waals surface area contributed by atoms with E-state index in [-0.39, 0.29) is 0 Å². The Morgan fingerprint density at radius 3 is 2.89 bits per heavy atom. The van der Waals surface area contributed by atoms with Crippen molar-refractivity contribution in [3.05, 3.63) is 22.8 Å². The molecule has 1 aliphatic heterocycles. The highest BCUT2D eigenvalue weighted by Crippen LogP contribution is 2.20. The molecule has 0 amide bonds. The molecule has 0 saturated carbocycles. The first kappa shape index (κ1) is 14.0. The van der Waals surface area contributed by atoms with Gasteiger partial charge in [-0.05, 0) is 18.6 Å². The summed E-state index contributed by atoms with van der Waals surface area (Å²) in [5, 5.41) is 4.08. The fourth-order valence-electron chi connectivity index (χ4n) is 1.92. The van der Waals surface area contributed by atoms with Gasteiger partial charge in [-0.2, -0.15) is 11.8 Å². The number of hydrogen-bond donors (Lipinski definition) is 1. The number of nitrogens with one attached hydrogen (secondary N) is 1. The summed E-state index contributed by atoms with van der Waals surface area (Å²) < 4.78 is 0. The van der Waals surface area contributed by atoms with E-state index in [1.807, 2.05) is 23.9 Å². The van der Waals surface area contributed by atoms with Crippen LogP contribution in [-0.4, -0.2) is 41.0 Å². The zero-order valence-electron chi connectivity index (χ0n) is 10.8. The first-order valence-electron chi connectivity index (χ1n) is 6.49. The van der Waals surface area contributed by atoms with Crippen molar-refractivity contribution < 1.29 is 0 Å². The molecule has 2 heterocycles. The summed E-state index contributed by atoms with van der Waals surface area (Å²) in [5.41, 5.74) is 0.990. The Morgan fingerprint density at radius 1 is 1.39 bits per heavy atom. The van der Waals surface area contributed by atoms with Gasteiger partial charge in [0.1, 0.15) is 5.82 Å². The Hall–Kier alpha value is -0.450. The number of nitrogens with zero attached hydrogens (tertiary/aromatic N) is 2. The van der Waals surface area contributed by atoms with Gasteiger partial charge in [0.25, 0.3) is 0 Å². The van der Waals surface area contributed by atoms with Crippen LogP contribution in [0.3, 0.4) is 0 Å². The van der Waals surface area contributed by atoms with Crippen LogP contribution in [0.2, 0.25) is 5.02 Å². The number of aromatic nitrogens is 1. The largest absolute Gasteiger partial charge is 0.370 e. The summed E-state index contributed by atoms with van der Waals surface area (Å²) in [6.45, 7) is 6.23. The van der Waals surface area contributed by atoms with Crippen molar-refractivity contribution in [2.75, 3.05) is 36.5 Å². The Balaban J connectivity index is 2.00. The van der Waals surface area contributed by atoms with Crippen LogP contribution >= 0.6 is 23.4 Å². The van der Waals surface area contributed by atoms with E-state index >= 15 is 0 Å². The predicted molar refractivity (Wildman–Crippen MR) is 80.6 cm³/mol. The monoisotopic (exact) mass is 285 g/mol. The van der Waals surface area contributed by atoms with Crippen molar-refractivity contribution in [2.24, 2.45) is 0 Å². The molecule has 5 heteroatoms. The molecule has 1 saturated heterocycles. The summed E-state index contributed by atoms with van der Waals surface area (Å²) in [6, 6.07) is 3.90. The number of anilines is 1. The molecule has 0 atom stereocenters. The van der Waals surface area contributed by atoms with Crippen molar-refractivity contribution in [3.63, 3.8) is 0 Å². The summed E-state index contributed by atoms with van der Waals surface area (Å²) >= 11 is 8.25. The zero-order chi connectivity index (χ0) is 12.8. The number of pyridine rings is 1. The fraction of sp³-hybridized carbons (Fsp3) is 0.615. The summed E-state index contributed by atoms with van der Waals surface area (Å²) in [6.07, 6.45) is 1.10. The van der Waals surface area contributed by atoms with Gasteiger partial charge in [-0.25, -0.2) is 4.98 Å². The molecule has 0 unspecified atom stereocenters. The molecule has 0 radical (unpaired) electrons. The lowest BCUT2D eigenvalue weighted by Crippen LogP contribution is -2.32. The molecule has 1 aromatic rings. The number of hydrogen-bond acceptors (Lipinski definition) is 4. The average Bonchev–Trinajstić information content (AvgIpc) is 2.41. The second kappa shape index (κ2) is 7.22. The van der Waals surface area contributed by atoms with E-state index in [0.717, 1.165) is 49.1 Å². The standard InChI is InChI=1S/C13H20ClN3S/c1-2-5-15-13-4-3-11(14)12(16-13)10-17-6-8-18-9-7-17/h3-4H,2,5-10H2,1H3,(H,15,16). The van der Waals surface area contributed by atoms with Crippen LogP contribution in [0.4, 0.5) is 5.82 Å². The second-order valence-electron chi connectivity index (χ2n) is 4.44. The maximum absolute atomic E-state index is 6.23. The second-order valence-corrected chi connectivity index (χ2v) is 6.07. The van der Waals surface area contributed by atoms with Crippen LogP contribution in [-0.2, 0) is 6.54 Å². The molecule has 1 aromatic heterocycles. The molecule has 0 spiro atoms. The quantitative estimate of drug-likeness (QED) is 0.900. The molecule has 2 rings (SSSR count). The van der Waals surface area contributed by atoms with Crippen molar-refractivity contribution >= 4 is 29.2 Å². The third-order valence-corrected chi connectivity index (χ3v) is 4.24. The first-order chi connectivity index (χ1) is 8.79.